The largest absolute Gasteiger partial charge is 0.302 e. The fourth-order valence-electron chi connectivity index (χ4n) is 1.95. The van der Waals surface area contributed by atoms with Gasteiger partial charge in [-0.1, -0.05) is 6.07 Å². The van der Waals surface area contributed by atoms with E-state index >= 15 is 0 Å². The Balaban J connectivity index is 1.54. The monoisotopic (exact) mass is 343 g/mol. The summed E-state index contributed by atoms with van der Waals surface area (Å²) in [5.74, 6) is -0.215. The Hall–Kier alpha value is -2.38. The van der Waals surface area contributed by atoms with Gasteiger partial charge in [0.05, 0.1) is 10.6 Å². The molecule has 0 aliphatic rings. The smallest absolute Gasteiger partial charge is 0.226 e. The molecule has 0 unspecified atom stereocenters. The summed E-state index contributed by atoms with van der Waals surface area (Å²) < 4.78 is 0. The van der Waals surface area contributed by atoms with Gasteiger partial charge in [0.1, 0.15) is 0 Å². The quantitative estimate of drug-likeness (QED) is 0.690. The van der Waals surface area contributed by atoms with Crippen molar-refractivity contribution in [1.82, 2.24) is 9.97 Å². The van der Waals surface area contributed by atoms with Crippen LogP contribution in [-0.4, -0.2) is 21.7 Å². The van der Waals surface area contributed by atoms with Crippen LogP contribution >= 0.6 is 22.7 Å². The molecule has 0 aromatic carbocycles. The number of carbonyl (C=O) groups excluding carboxylic acids is 2. The Morgan fingerprint density at radius 1 is 1.13 bits per heavy atom. The van der Waals surface area contributed by atoms with Crippen molar-refractivity contribution in [1.29, 1.82) is 0 Å². The first kappa shape index (κ1) is 15.5. The maximum Gasteiger partial charge on any atom is 0.226 e. The molecule has 5 nitrogen and oxygen atoms in total. The number of hydrogen-bond acceptors (Lipinski definition) is 6. The molecule has 0 spiro atoms. The highest BCUT2D eigenvalue weighted by atomic mass is 32.1. The Bertz CT molecular complexity index is 798. The number of amides is 1. The Kier molecular flexibility index (Phi) is 4.89. The van der Waals surface area contributed by atoms with E-state index in [-0.39, 0.29) is 24.5 Å². The van der Waals surface area contributed by atoms with Crippen LogP contribution in [0, 0.1) is 0 Å². The van der Waals surface area contributed by atoms with Crippen LogP contribution in [0.1, 0.15) is 22.5 Å². The number of thiophene rings is 1. The molecule has 1 amide bonds. The van der Waals surface area contributed by atoms with Crippen molar-refractivity contribution in [3.8, 4) is 11.3 Å². The lowest BCUT2D eigenvalue weighted by atomic mass is 10.2. The molecule has 0 aliphatic carbocycles. The molecule has 1 N–H and O–H groups in total. The highest BCUT2D eigenvalue weighted by Gasteiger charge is 2.12. The SMILES string of the molecule is O=C(CCC(=O)c1cccs1)Nc1nc(-c2cccnc2)cs1. The van der Waals surface area contributed by atoms with E-state index in [1.54, 1.807) is 18.5 Å². The van der Waals surface area contributed by atoms with Crippen molar-refractivity contribution in [2.75, 3.05) is 5.32 Å². The first-order chi connectivity index (χ1) is 11.2. The van der Waals surface area contributed by atoms with E-state index in [0.717, 1.165) is 11.3 Å². The lowest BCUT2D eigenvalue weighted by molar-refractivity contribution is -0.116. The van der Waals surface area contributed by atoms with Gasteiger partial charge in [0, 0.05) is 36.2 Å². The van der Waals surface area contributed by atoms with Gasteiger partial charge in [0.15, 0.2) is 10.9 Å². The van der Waals surface area contributed by atoms with Crippen molar-refractivity contribution in [2.24, 2.45) is 0 Å². The fourth-order valence-corrected chi connectivity index (χ4v) is 3.38. The van der Waals surface area contributed by atoms with Crippen molar-refractivity contribution in [3.63, 3.8) is 0 Å². The zero-order chi connectivity index (χ0) is 16.1. The summed E-state index contributed by atoms with van der Waals surface area (Å²) in [6.07, 6.45) is 3.77. The molecule has 3 aromatic rings. The molecule has 0 saturated heterocycles. The Morgan fingerprint density at radius 3 is 2.78 bits per heavy atom. The lowest BCUT2D eigenvalue weighted by Gasteiger charge is -2.00. The highest BCUT2D eigenvalue weighted by molar-refractivity contribution is 7.14. The normalized spacial score (nSPS) is 10.4. The second kappa shape index (κ2) is 7.26. The van der Waals surface area contributed by atoms with Gasteiger partial charge >= 0.3 is 0 Å². The number of aromatic nitrogens is 2. The summed E-state index contributed by atoms with van der Waals surface area (Å²) >= 11 is 2.74. The fraction of sp³-hybridized carbons (Fsp3) is 0.125. The Morgan fingerprint density at radius 2 is 2.04 bits per heavy atom. The van der Waals surface area contributed by atoms with Crippen LogP contribution in [0.25, 0.3) is 11.3 Å². The molecule has 0 atom stereocenters. The predicted octanol–water partition coefficient (Wildman–Crippen LogP) is 3.87. The van der Waals surface area contributed by atoms with Crippen molar-refractivity contribution < 1.29 is 9.59 Å². The second-order valence-corrected chi connectivity index (χ2v) is 6.53. The zero-order valence-electron chi connectivity index (χ0n) is 12.1. The number of hydrogen-bond donors (Lipinski definition) is 1. The summed E-state index contributed by atoms with van der Waals surface area (Å²) in [5.41, 5.74) is 1.67. The summed E-state index contributed by atoms with van der Waals surface area (Å²) in [5, 5.41) is 6.97. The van der Waals surface area contributed by atoms with Gasteiger partial charge in [-0.3, -0.25) is 14.6 Å². The molecule has 0 fully saturated rings. The summed E-state index contributed by atoms with van der Waals surface area (Å²) in [6, 6.07) is 7.34. The van der Waals surface area contributed by atoms with Gasteiger partial charge in [-0.25, -0.2) is 4.98 Å². The summed E-state index contributed by atoms with van der Waals surface area (Å²) in [6.45, 7) is 0. The molecule has 3 aromatic heterocycles. The maximum absolute atomic E-state index is 11.9. The van der Waals surface area contributed by atoms with Crippen molar-refractivity contribution >= 4 is 39.5 Å². The number of thiazole rings is 1. The van der Waals surface area contributed by atoms with Crippen molar-refractivity contribution in [2.45, 2.75) is 12.8 Å². The van der Waals surface area contributed by atoms with Crippen LogP contribution in [0.4, 0.5) is 5.13 Å². The minimum atomic E-state index is -0.206. The van der Waals surface area contributed by atoms with E-state index in [4.69, 9.17) is 0 Å². The van der Waals surface area contributed by atoms with E-state index < -0.39 is 0 Å². The van der Waals surface area contributed by atoms with Gasteiger partial charge in [-0.05, 0) is 23.6 Å². The number of pyridine rings is 1. The number of carbonyl (C=O) groups is 2. The van der Waals surface area contributed by atoms with Crippen LogP contribution in [-0.2, 0) is 4.79 Å². The third-order valence-electron chi connectivity index (χ3n) is 3.08. The first-order valence-electron chi connectivity index (χ1n) is 6.95. The minimum absolute atomic E-state index is 0.00895. The molecule has 23 heavy (non-hydrogen) atoms. The van der Waals surface area contributed by atoms with Crippen molar-refractivity contribution in [3.05, 3.63) is 52.3 Å². The molecule has 3 heterocycles. The molecule has 0 aliphatic heterocycles. The van der Waals surface area contributed by atoms with Crippen LogP contribution < -0.4 is 5.32 Å². The highest BCUT2D eigenvalue weighted by Crippen LogP contribution is 2.24. The number of ketones is 1. The van der Waals surface area contributed by atoms with E-state index in [1.807, 2.05) is 29.0 Å². The molecular weight excluding hydrogens is 330 g/mol. The molecule has 0 bridgehead atoms. The predicted molar refractivity (Wildman–Crippen MR) is 91.9 cm³/mol. The van der Waals surface area contributed by atoms with E-state index in [9.17, 15) is 9.59 Å². The average molecular weight is 343 g/mol. The van der Waals surface area contributed by atoms with Crippen LogP contribution in [0.2, 0.25) is 0 Å². The van der Waals surface area contributed by atoms with Gasteiger partial charge in [0.25, 0.3) is 0 Å². The number of Topliss-reactive ketones (excluding diaryl/α,β-unsaturated/α-hetero) is 1. The lowest BCUT2D eigenvalue weighted by Crippen LogP contribution is -2.13. The number of nitrogens with zero attached hydrogens (tertiary/aromatic N) is 2. The summed E-state index contributed by atoms with van der Waals surface area (Å²) in [7, 11) is 0. The molecule has 0 saturated carbocycles. The van der Waals surface area contributed by atoms with Gasteiger partial charge in [-0.2, -0.15) is 0 Å². The van der Waals surface area contributed by atoms with E-state index in [1.165, 1.54) is 22.7 Å². The molecule has 116 valence electrons. The third kappa shape index (κ3) is 4.08. The first-order valence-corrected chi connectivity index (χ1v) is 8.71. The van der Waals surface area contributed by atoms with Gasteiger partial charge in [-0.15, -0.1) is 22.7 Å². The van der Waals surface area contributed by atoms with Gasteiger partial charge in [0.2, 0.25) is 5.91 Å². The Labute approximate surface area is 141 Å². The zero-order valence-corrected chi connectivity index (χ0v) is 13.7. The molecule has 3 rings (SSSR count). The standard InChI is InChI=1S/C16H13N3O2S2/c20-13(14-4-2-8-22-14)5-6-15(21)19-16-18-12(10-23-16)11-3-1-7-17-9-11/h1-4,7-10H,5-6H2,(H,18,19,21). The third-order valence-corrected chi connectivity index (χ3v) is 4.75. The topological polar surface area (TPSA) is 72.0 Å². The molecule has 0 radical (unpaired) electrons. The van der Waals surface area contributed by atoms with E-state index in [2.05, 4.69) is 15.3 Å². The molecule has 7 heteroatoms. The average Bonchev–Trinajstić information content (AvgIpc) is 3.25. The van der Waals surface area contributed by atoms with Crippen LogP contribution in [0.15, 0.2) is 47.4 Å². The minimum Gasteiger partial charge on any atom is -0.302 e. The maximum atomic E-state index is 11.9. The molecular formula is C16H13N3O2S2. The second-order valence-electron chi connectivity index (χ2n) is 4.73. The number of rotatable bonds is 6. The van der Waals surface area contributed by atoms with Gasteiger partial charge < -0.3 is 5.32 Å². The van der Waals surface area contributed by atoms with E-state index in [0.29, 0.717) is 10.0 Å². The number of nitrogens with one attached hydrogen (secondary N) is 1. The van der Waals surface area contributed by atoms with Crippen LogP contribution in [0.5, 0.6) is 0 Å². The van der Waals surface area contributed by atoms with Crippen LogP contribution in [0.3, 0.4) is 0 Å². The number of anilines is 1. The summed E-state index contributed by atoms with van der Waals surface area (Å²) in [4.78, 5) is 32.9.